The summed E-state index contributed by atoms with van der Waals surface area (Å²) in [6.07, 6.45) is 1.45. The number of amides is 1. The van der Waals surface area contributed by atoms with E-state index in [1.807, 2.05) is 36.1 Å². The Bertz CT molecular complexity index is 946. The predicted molar refractivity (Wildman–Crippen MR) is 103 cm³/mol. The molecule has 4 rings (SSSR count). The molecule has 0 N–H and O–H groups in total. The van der Waals surface area contributed by atoms with E-state index in [4.69, 9.17) is 4.52 Å². The molecule has 5 heteroatoms. The van der Waals surface area contributed by atoms with E-state index < -0.39 is 0 Å². The van der Waals surface area contributed by atoms with Crippen LogP contribution in [0.3, 0.4) is 0 Å². The molecule has 138 valence electrons. The van der Waals surface area contributed by atoms with E-state index in [0.717, 1.165) is 23.1 Å². The standard InChI is InChI=1S/C22H23N3O2/c1-3-16-8-10-17(11-9-16)13-25-14-18(12-20(25)26)21-23-22(27-24-21)19-7-5-4-6-15(19)2/h4-11,18H,3,12-14H2,1-2H3. The van der Waals surface area contributed by atoms with Gasteiger partial charge in [-0.15, -0.1) is 0 Å². The summed E-state index contributed by atoms with van der Waals surface area (Å²) in [4.78, 5) is 18.9. The Hall–Kier alpha value is -2.95. The maximum absolute atomic E-state index is 12.5. The number of aryl methyl sites for hydroxylation is 2. The molecule has 2 aromatic carbocycles. The molecule has 1 unspecified atom stereocenters. The number of rotatable bonds is 5. The minimum absolute atomic E-state index is 0.0195. The zero-order valence-electron chi connectivity index (χ0n) is 15.7. The normalized spacial score (nSPS) is 16.9. The van der Waals surface area contributed by atoms with Gasteiger partial charge in [0, 0.05) is 31.0 Å². The Morgan fingerprint density at radius 1 is 1.11 bits per heavy atom. The topological polar surface area (TPSA) is 59.2 Å². The fourth-order valence-corrected chi connectivity index (χ4v) is 3.52. The first-order chi connectivity index (χ1) is 13.1. The quantitative estimate of drug-likeness (QED) is 0.686. The van der Waals surface area contributed by atoms with Crippen molar-refractivity contribution in [3.63, 3.8) is 0 Å². The highest BCUT2D eigenvalue weighted by Gasteiger charge is 2.33. The van der Waals surface area contributed by atoms with E-state index in [0.29, 0.717) is 31.2 Å². The van der Waals surface area contributed by atoms with Gasteiger partial charge in [0.25, 0.3) is 5.89 Å². The van der Waals surface area contributed by atoms with Crippen molar-refractivity contribution in [1.82, 2.24) is 15.0 Å². The monoisotopic (exact) mass is 361 g/mol. The van der Waals surface area contributed by atoms with Crippen LogP contribution in [-0.2, 0) is 17.8 Å². The van der Waals surface area contributed by atoms with Gasteiger partial charge in [-0.2, -0.15) is 4.98 Å². The molecule has 2 heterocycles. The summed E-state index contributed by atoms with van der Waals surface area (Å²) in [5.41, 5.74) is 4.48. The zero-order chi connectivity index (χ0) is 18.8. The van der Waals surface area contributed by atoms with Gasteiger partial charge in [0.05, 0.1) is 0 Å². The third-order valence-corrected chi connectivity index (χ3v) is 5.20. The first kappa shape index (κ1) is 17.5. The summed E-state index contributed by atoms with van der Waals surface area (Å²) >= 11 is 0. The number of hydrogen-bond donors (Lipinski definition) is 0. The second kappa shape index (κ2) is 7.35. The molecule has 0 aliphatic carbocycles. The van der Waals surface area contributed by atoms with Gasteiger partial charge in [-0.1, -0.05) is 54.5 Å². The SMILES string of the molecule is CCc1ccc(CN2CC(c3noc(-c4ccccc4C)n3)CC2=O)cc1. The first-order valence-corrected chi connectivity index (χ1v) is 9.39. The highest BCUT2D eigenvalue weighted by atomic mass is 16.5. The smallest absolute Gasteiger partial charge is 0.258 e. The molecule has 3 aromatic rings. The van der Waals surface area contributed by atoms with Crippen LogP contribution in [0, 0.1) is 6.92 Å². The minimum Gasteiger partial charge on any atom is -0.338 e. The number of hydrogen-bond acceptors (Lipinski definition) is 4. The molecule has 1 amide bonds. The maximum Gasteiger partial charge on any atom is 0.258 e. The maximum atomic E-state index is 12.5. The van der Waals surface area contributed by atoms with Crippen molar-refractivity contribution in [2.24, 2.45) is 0 Å². The van der Waals surface area contributed by atoms with E-state index >= 15 is 0 Å². The zero-order valence-corrected chi connectivity index (χ0v) is 15.7. The summed E-state index contributed by atoms with van der Waals surface area (Å²) in [7, 11) is 0. The third-order valence-electron chi connectivity index (χ3n) is 5.20. The van der Waals surface area contributed by atoms with Gasteiger partial charge in [-0.25, -0.2) is 0 Å². The van der Waals surface area contributed by atoms with Gasteiger partial charge in [0.2, 0.25) is 5.91 Å². The molecule has 1 fully saturated rings. The predicted octanol–water partition coefficient (Wildman–Crippen LogP) is 4.12. The Labute approximate surface area is 159 Å². The lowest BCUT2D eigenvalue weighted by atomic mass is 10.1. The van der Waals surface area contributed by atoms with Crippen molar-refractivity contribution < 1.29 is 9.32 Å². The summed E-state index contributed by atoms with van der Waals surface area (Å²) in [6.45, 7) is 5.41. The molecule has 0 spiro atoms. The first-order valence-electron chi connectivity index (χ1n) is 9.39. The fraction of sp³-hybridized carbons (Fsp3) is 0.318. The number of likely N-dealkylation sites (tertiary alicyclic amines) is 1. The largest absolute Gasteiger partial charge is 0.338 e. The van der Waals surface area contributed by atoms with E-state index in [2.05, 4.69) is 41.3 Å². The molecular weight excluding hydrogens is 338 g/mol. The van der Waals surface area contributed by atoms with Gasteiger partial charge < -0.3 is 9.42 Å². The number of carbonyl (C=O) groups is 1. The molecule has 27 heavy (non-hydrogen) atoms. The molecule has 0 bridgehead atoms. The van der Waals surface area contributed by atoms with Gasteiger partial charge in [0.1, 0.15) is 0 Å². The molecule has 0 radical (unpaired) electrons. The Morgan fingerprint density at radius 3 is 2.59 bits per heavy atom. The lowest BCUT2D eigenvalue weighted by molar-refractivity contribution is -0.128. The van der Waals surface area contributed by atoms with Crippen molar-refractivity contribution >= 4 is 5.91 Å². The van der Waals surface area contributed by atoms with Crippen molar-refractivity contribution in [3.8, 4) is 11.5 Å². The fourth-order valence-electron chi connectivity index (χ4n) is 3.52. The number of aromatic nitrogens is 2. The van der Waals surface area contributed by atoms with E-state index in [-0.39, 0.29) is 11.8 Å². The van der Waals surface area contributed by atoms with E-state index in [9.17, 15) is 4.79 Å². The van der Waals surface area contributed by atoms with E-state index in [1.54, 1.807) is 0 Å². The average molecular weight is 361 g/mol. The molecule has 1 aliphatic heterocycles. The summed E-state index contributed by atoms with van der Waals surface area (Å²) < 4.78 is 5.47. The Kier molecular flexibility index (Phi) is 4.75. The average Bonchev–Trinajstić information content (AvgIpc) is 3.30. The Morgan fingerprint density at radius 2 is 1.85 bits per heavy atom. The minimum atomic E-state index is -0.0195. The van der Waals surface area contributed by atoms with Gasteiger partial charge in [-0.05, 0) is 36.1 Å². The van der Waals surface area contributed by atoms with E-state index in [1.165, 1.54) is 5.56 Å². The molecule has 5 nitrogen and oxygen atoms in total. The molecule has 1 aromatic heterocycles. The second-order valence-electron chi connectivity index (χ2n) is 7.12. The van der Waals surface area contributed by atoms with Gasteiger partial charge in [-0.3, -0.25) is 4.79 Å². The number of nitrogens with zero attached hydrogens (tertiary/aromatic N) is 3. The van der Waals surface area contributed by atoms with Crippen molar-refractivity contribution in [2.45, 2.75) is 39.2 Å². The molecule has 1 saturated heterocycles. The third kappa shape index (κ3) is 3.63. The van der Waals surface area contributed by atoms with Crippen molar-refractivity contribution in [2.75, 3.05) is 6.54 Å². The van der Waals surface area contributed by atoms with Crippen molar-refractivity contribution in [3.05, 3.63) is 71.0 Å². The van der Waals surface area contributed by atoms with Crippen LogP contribution in [0.1, 0.15) is 41.8 Å². The Balaban J connectivity index is 1.47. The lowest BCUT2D eigenvalue weighted by Crippen LogP contribution is -2.24. The molecule has 1 atom stereocenters. The van der Waals surface area contributed by atoms with Crippen LogP contribution in [0.4, 0.5) is 0 Å². The summed E-state index contributed by atoms with van der Waals surface area (Å²) in [5.74, 6) is 1.25. The molecular formula is C22H23N3O2. The lowest BCUT2D eigenvalue weighted by Gasteiger charge is -2.16. The molecule has 1 aliphatic rings. The second-order valence-corrected chi connectivity index (χ2v) is 7.12. The highest BCUT2D eigenvalue weighted by molar-refractivity contribution is 5.79. The number of carbonyl (C=O) groups excluding carboxylic acids is 1. The van der Waals surface area contributed by atoms with Crippen LogP contribution < -0.4 is 0 Å². The van der Waals surface area contributed by atoms with Crippen LogP contribution in [-0.4, -0.2) is 27.5 Å². The van der Waals surface area contributed by atoms with Crippen LogP contribution in [0.25, 0.3) is 11.5 Å². The van der Waals surface area contributed by atoms with Crippen molar-refractivity contribution in [1.29, 1.82) is 0 Å². The van der Waals surface area contributed by atoms with Crippen LogP contribution in [0.5, 0.6) is 0 Å². The van der Waals surface area contributed by atoms with Crippen LogP contribution in [0.15, 0.2) is 53.1 Å². The van der Waals surface area contributed by atoms with Gasteiger partial charge >= 0.3 is 0 Å². The molecule has 0 saturated carbocycles. The van der Waals surface area contributed by atoms with Crippen LogP contribution in [0.2, 0.25) is 0 Å². The number of benzene rings is 2. The highest BCUT2D eigenvalue weighted by Crippen LogP contribution is 2.30. The summed E-state index contributed by atoms with van der Waals surface area (Å²) in [5, 5.41) is 4.15. The van der Waals surface area contributed by atoms with Gasteiger partial charge in [0.15, 0.2) is 5.82 Å². The van der Waals surface area contributed by atoms with Crippen LogP contribution >= 0.6 is 0 Å². The summed E-state index contributed by atoms with van der Waals surface area (Å²) in [6, 6.07) is 16.4.